The predicted molar refractivity (Wildman–Crippen MR) is 55.9 cm³/mol. The smallest absolute Gasteiger partial charge is 0.126 e. The highest BCUT2D eigenvalue weighted by atomic mass is 16.5. The zero-order chi connectivity index (χ0) is 10.7. The van der Waals surface area contributed by atoms with Gasteiger partial charge in [0.15, 0.2) is 0 Å². The van der Waals surface area contributed by atoms with E-state index >= 15 is 0 Å². The molecule has 0 aliphatic carbocycles. The van der Waals surface area contributed by atoms with Crippen molar-refractivity contribution in [3.8, 4) is 5.75 Å². The van der Waals surface area contributed by atoms with E-state index in [9.17, 15) is 4.79 Å². The van der Waals surface area contributed by atoms with Crippen LogP contribution in [0.4, 0.5) is 0 Å². The number of hydrogen-bond acceptors (Lipinski definition) is 3. The van der Waals surface area contributed by atoms with Crippen molar-refractivity contribution in [2.75, 3.05) is 13.7 Å². The highest BCUT2D eigenvalue weighted by Crippen LogP contribution is 2.33. The first kappa shape index (κ1) is 10.2. The summed E-state index contributed by atoms with van der Waals surface area (Å²) in [5.74, 6) is 0.817. The lowest BCUT2D eigenvalue weighted by Crippen LogP contribution is -2.08. The fourth-order valence-corrected chi connectivity index (χ4v) is 1.88. The molecule has 0 bridgehead atoms. The van der Waals surface area contributed by atoms with Crippen molar-refractivity contribution in [3.05, 3.63) is 29.8 Å². The zero-order valence-corrected chi connectivity index (χ0v) is 8.68. The lowest BCUT2D eigenvalue weighted by molar-refractivity contribution is -0.112. The second-order valence-electron chi connectivity index (χ2n) is 3.65. The fraction of sp³-hybridized carbons (Fsp3) is 0.417. The molecule has 0 aromatic heterocycles. The molecular formula is C12H14O3. The van der Waals surface area contributed by atoms with E-state index in [2.05, 4.69) is 0 Å². The summed E-state index contributed by atoms with van der Waals surface area (Å²) in [6.07, 6.45) is 1.73. The molecule has 2 rings (SSSR count). The Balaban J connectivity index is 2.17. The summed E-state index contributed by atoms with van der Waals surface area (Å²) < 4.78 is 10.6. The molecule has 0 unspecified atom stereocenters. The van der Waals surface area contributed by atoms with Gasteiger partial charge in [0.25, 0.3) is 0 Å². The third-order valence-electron chi connectivity index (χ3n) is 2.76. The molecule has 3 nitrogen and oxygen atoms in total. The highest BCUT2D eigenvalue weighted by Gasteiger charge is 2.28. The van der Waals surface area contributed by atoms with Crippen molar-refractivity contribution < 1.29 is 14.3 Å². The molecule has 1 saturated heterocycles. The normalized spacial score (nSPS) is 25.1. The number of benzene rings is 1. The molecule has 1 aromatic carbocycles. The van der Waals surface area contributed by atoms with E-state index in [1.54, 1.807) is 7.11 Å². The second-order valence-corrected chi connectivity index (χ2v) is 3.65. The summed E-state index contributed by atoms with van der Waals surface area (Å²) in [5.41, 5.74) is 1.05. The van der Waals surface area contributed by atoms with Crippen molar-refractivity contribution in [2.45, 2.75) is 12.5 Å². The Morgan fingerprint density at radius 1 is 1.40 bits per heavy atom. The monoisotopic (exact) mass is 206 g/mol. The van der Waals surface area contributed by atoms with Gasteiger partial charge in [-0.2, -0.15) is 0 Å². The van der Waals surface area contributed by atoms with Crippen LogP contribution in [0.1, 0.15) is 18.1 Å². The molecule has 0 radical (unpaired) electrons. The van der Waals surface area contributed by atoms with Gasteiger partial charge in [-0.15, -0.1) is 0 Å². The van der Waals surface area contributed by atoms with Crippen LogP contribution in [0.15, 0.2) is 24.3 Å². The van der Waals surface area contributed by atoms with Crippen LogP contribution in [-0.4, -0.2) is 20.0 Å². The molecule has 0 N–H and O–H groups in total. The van der Waals surface area contributed by atoms with Crippen LogP contribution in [0.25, 0.3) is 0 Å². The largest absolute Gasteiger partial charge is 0.497 e. The molecule has 0 saturated carbocycles. The van der Waals surface area contributed by atoms with Gasteiger partial charge in [0.05, 0.1) is 13.2 Å². The molecule has 1 aromatic rings. The minimum atomic E-state index is -0.0755. The molecule has 1 heterocycles. The van der Waals surface area contributed by atoms with Gasteiger partial charge in [-0.25, -0.2) is 0 Å². The molecule has 0 amide bonds. The Morgan fingerprint density at radius 2 is 2.13 bits per heavy atom. The molecule has 3 heteroatoms. The second kappa shape index (κ2) is 4.45. The predicted octanol–water partition coefficient (Wildman–Crippen LogP) is 1.97. The Labute approximate surface area is 89.0 Å². The summed E-state index contributed by atoms with van der Waals surface area (Å²) >= 11 is 0. The average molecular weight is 206 g/mol. The third-order valence-corrected chi connectivity index (χ3v) is 2.76. The van der Waals surface area contributed by atoms with Crippen LogP contribution < -0.4 is 4.74 Å². The topological polar surface area (TPSA) is 35.5 Å². The molecule has 0 spiro atoms. The number of rotatable bonds is 3. The molecule has 2 atom stereocenters. The zero-order valence-electron chi connectivity index (χ0n) is 8.68. The maximum absolute atomic E-state index is 10.8. The highest BCUT2D eigenvalue weighted by molar-refractivity contribution is 5.56. The first-order valence-corrected chi connectivity index (χ1v) is 5.06. The lowest BCUT2D eigenvalue weighted by Gasteiger charge is -2.14. The van der Waals surface area contributed by atoms with Crippen molar-refractivity contribution in [3.63, 3.8) is 0 Å². The standard InChI is InChI=1S/C12H14O3/c1-14-11-4-2-9(3-5-11)12-10(8-13)6-7-15-12/h2-5,8,10,12H,6-7H2,1H3/t10-,12-/m1/s1. The van der Waals surface area contributed by atoms with Gasteiger partial charge in [-0.3, -0.25) is 0 Å². The first-order valence-electron chi connectivity index (χ1n) is 5.06. The number of hydrogen-bond donors (Lipinski definition) is 0. The summed E-state index contributed by atoms with van der Waals surface area (Å²) in [7, 11) is 1.63. The van der Waals surface area contributed by atoms with E-state index in [4.69, 9.17) is 9.47 Å². The van der Waals surface area contributed by atoms with E-state index < -0.39 is 0 Å². The molecule has 1 fully saturated rings. The Bertz CT molecular complexity index is 331. The van der Waals surface area contributed by atoms with Crippen LogP contribution in [0.2, 0.25) is 0 Å². The number of ether oxygens (including phenoxy) is 2. The van der Waals surface area contributed by atoms with Crippen LogP contribution in [-0.2, 0) is 9.53 Å². The van der Waals surface area contributed by atoms with E-state index in [1.165, 1.54) is 0 Å². The maximum Gasteiger partial charge on any atom is 0.126 e. The number of aldehydes is 1. The van der Waals surface area contributed by atoms with Gasteiger partial charge in [0.1, 0.15) is 12.0 Å². The average Bonchev–Trinajstić information content (AvgIpc) is 2.77. The Hall–Kier alpha value is -1.35. The van der Waals surface area contributed by atoms with Gasteiger partial charge in [-0.1, -0.05) is 12.1 Å². The van der Waals surface area contributed by atoms with Crippen LogP contribution in [0.5, 0.6) is 5.75 Å². The van der Waals surface area contributed by atoms with Crippen molar-refractivity contribution in [1.82, 2.24) is 0 Å². The van der Waals surface area contributed by atoms with Crippen LogP contribution in [0.3, 0.4) is 0 Å². The maximum atomic E-state index is 10.8. The van der Waals surface area contributed by atoms with Crippen molar-refractivity contribution >= 4 is 6.29 Å². The SMILES string of the molecule is COc1ccc([C@H]2OCC[C@@H]2C=O)cc1. The van der Waals surface area contributed by atoms with E-state index in [1.807, 2.05) is 24.3 Å². The van der Waals surface area contributed by atoms with Gasteiger partial charge in [0, 0.05) is 12.5 Å². The molecule has 15 heavy (non-hydrogen) atoms. The quantitative estimate of drug-likeness (QED) is 0.709. The van der Waals surface area contributed by atoms with Gasteiger partial charge in [-0.05, 0) is 24.1 Å². The van der Waals surface area contributed by atoms with E-state index in [0.717, 1.165) is 24.0 Å². The fourth-order valence-electron chi connectivity index (χ4n) is 1.88. The first-order chi connectivity index (χ1) is 7.35. The minimum Gasteiger partial charge on any atom is -0.497 e. The number of carbonyl (C=O) groups excluding carboxylic acids is 1. The summed E-state index contributed by atoms with van der Waals surface area (Å²) in [4.78, 5) is 10.8. The van der Waals surface area contributed by atoms with Crippen molar-refractivity contribution in [2.24, 2.45) is 5.92 Å². The lowest BCUT2D eigenvalue weighted by atomic mass is 9.97. The summed E-state index contributed by atoms with van der Waals surface area (Å²) in [6, 6.07) is 7.67. The minimum absolute atomic E-state index is 0.00149. The summed E-state index contributed by atoms with van der Waals surface area (Å²) in [5, 5.41) is 0. The van der Waals surface area contributed by atoms with Crippen LogP contribution >= 0.6 is 0 Å². The molecule has 80 valence electrons. The van der Waals surface area contributed by atoms with Gasteiger partial charge >= 0.3 is 0 Å². The molecule has 1 aliphatic heterocycles. The van der Waals surface area contributed by atoms with Crippen LogP contribution in [0, 0.1) is 5.92 Å². The van der Waals surface area contributed by atoms with Crippen molar-refractivity contribution in [1.29, 1.82) is 0 Å². The van der Waals surface area contributed by atoms with Gasteiger partial charge in [0.2, 0.25) is 0 Å². The number of methoxy groups -OCH3 is 1. The molecule has 1 aliphatic rings. The number of carbonyl (C=O) groups is 1. The summed E-state index contributed by atoms with van der Waals surface area (Å²) in [6.45, 7) is 0.667. The van der Waals surface area contributed by atoms with E-state index in [0.29, 0.717) is 6.61 Å². The van der Waals surface area contributed by atoms with E-state index in [-0.39, 0.29) is 12.0 Å². The van der Waals surface area contributed by atoms with Gasteiger partial charge < -0.3 is 14.3 Å². The Morgan fingerprint density at radius 3 is 2.73 bits per heavy atom. The Kier molecular flexibility index (Phi) is 3.02. The third kappa shape index (κ3) is 2.02. The molecular weight excluding hydrogens is 192 g/mol.